The molecular weight excluding hydrogens is 511 g/mol. The van der Waals surface area contributed by atoms with Gasteiger partial charge in [-0.3, -0.25) is 10.2 Å². The number of rotatable bonds is 8. The summed E-state index contributed by atoms with van der Waals surface area (Å²) in [5.41, 5.74) is 0.650. The first-order valence-electron chi connectivity index (χ1n) is 10.8. The number of anilines is 1. The van der Waals surface area contributed by atoms with Crippen LogP contribution in [0.1, 0.15) is 35.7 Å². The molecule has 1 aliphatic heterocycles. The first-order chi connectivity index (χ1) is 16.9. The number of carbonyl (C=O) groups excluding carboxylic acids is 1. The third-order valence-corrected chi connectivity index (χ3v) is 7.20. The summed E-state index contributed by atoms with van der Waals surface area (Å²) in [4.78, 5) is 26.1. The number of hydrogen-bond donors (Lipinski definition) is 1. The van der Waals surface area contributed by atoms with Crippen LogP contribution in [-0.2, 0) is 16.0 Å². The van der Waals surface area contributed by atoms with Gasteiger partial charge in [0, 0.05) is 24.5 Å². The summed E-state index contributed by atoms with van der Waals surface area (Å²) >= 11 is 0. The molecule has 36 heavy (non-hydrogen) atoms. The maximum atomic E-state index is 13.5. The number of sulfone groups is 1. The number of hydrogen-bond acceptors (Lipinski definition) is 8. The Morgan fingerprint density at radius 3 is 2.44 bits per heavy atom. The minimum absolute atomic E-state index is 0.0891. The van der Waals surface area contributed by atoms with E-state index in [0.717, 1.165) is 12.8 Å². The van der Waals surface area contributed by atoms with Gasteiger partial charge in [0.2, 0.25) is 15.8 Å². The average Bonchev–Trinajstić information content (AvgIpc) is 3.53. The second-order valence-corrected chi connectivity index (χ2v) is 10.3. The van der Waals surface area contributed by atoms with Crippen molar-refractivity contribution in [1.29, 1.82) is 0 Å². The lowest BCUT2D eigenvalue weighted by Gasteiger charge is -2.35. The number of alkyl halides is 5. The van der Waals surface area contributed by atoms with Crippen LogP contribution in [0.25, 0.3) is 0 Å². The van der Waals surface area contributed by atoms with Gasteiger partial charge in [-0.15, -0.1) is 0 Å². The van der Waals surface area contributed by atoms with Crippen LogP contribution >= 0.6 is 0 Å². The molecule has 4 rings (SSSR count). The van der Waals surface area contributed by atoms with Crippen molar-refractivity contribution in [3.63, 3.8) is 0 Å². The van der Waals surface area contributed by atoms with E-state index in [4.69, 9.17) is 0 Å². The van der Waals surface area contributed by atoms with Gasteiger partial charge in [-0.05, 0) is 49.9 Å². The summed E-state index contributed by atoms with van der Waals surface area (Å²) in [5.74, 6) is -4.58. The van der Waals surface area contributed by atoms with Crippen LogP contribution in [0.4, 0.5) is 27.9 Å². The van der Waals surface area contributed by atoms with E-state index in [1.807, 2.05) is 0 Å². The quantitative estimate of drug-likeness (QED) is 0.521. The van der Waals surface area contributed by atoms with Crippen LogP contribution in [-0.4, -0.2) is 60.0 Å². The Morgan fingerprint density at radius 1 is 1.19 bits per heavy atom. The molecule has 1 aromatic heterocycles. The minimum Gasteiger partial charge on any atom is -0.332 e. The number of aliphatic imine (C=N–C) groups is 1. The molecule has 15 heteroatoms. The van der Waals surface area contributed by atoms with Crippen LogP contribution in [0, 0.1) is 5.92 Å². The lowest BCUT2D eigenvalue weighted by molar-refractivity contribution is -0.137. The second kappa shape index (κ2) is 9.59. The minimum atomic E-state index is -5.40. The highest BCUT2D eigenvalue weighted by atomic mass is 32.2. The SMILES string of the molecule is CC(C1N=CNN1c1ncccn1)N(CC1CC1)C(=O)c1cc(C(F)(F)F)cc(S(=O)(=O)C(F)F)c1. The fourth-order valence-electron chi connectivity index (χ4n) is 3.74. The van der Waals surface area contributed by atoms with E-state index in [0.29, 0.717) is 12.1 Å². The van der Waals surface area contributed by atoms with E-state index in [1.165, 1.54) is 28.6 Å². The van der Waals surface area contributed by atoms with E-state index in [-0.39, 0.29) is 24.5 Å². The van der Waals surface area contributed by atoms with E-state index >= 15 is 0 Å². The van der Waals surface area contributed by atoms with Gasteiger partial charge in [0.15, 0.2) is 6.17 Å². The number of halogens is 5. The molecule has 2 unspecified atom stereocenters. The van der Waals surface area contributed by atoms with E-state index in [2.05, 4.69) is 20.4 Å². The van der Waals surface area contributed by atoms with Gasteiger partial charge in [0.25, 0.3) is 5.91 Å². The number of hydrazine groups is 1. The van der Waals surface area contributed by atoms with Crippen LogP contribution in [0.2, 0.25) is 0 Å². The molecule has 9 nitrogen and oxygen atoms in total. The second-order valence-electron chi connectivity index (χ2n) is 8.43. The molecule has 0 bridgehead atoms. The van der Waals surface area contributed by atoms with Crippen molar-refractivity contribution in [3.8, 4) is 0 Å². The van der Waals surface area contributed by atoms with Crippen molar-refractivity contribution >= 4 is 28.0 Å². The Hall–Kier alpha value is -3.36. The highest BCUT2D eigenvalue weighted by Gasteiger charge is 2.40. The highest BCUT2D eigenvalue weighted by molar-refractivity contribution is 7.91. The number of carbonyl (C=O) groups is 1. The Kier molecular flexibility index (Phi) is 6.86. The van der Waals surface area contributed by atoms with Crippen LogP contribution in [0.3, 0.4) is 0 Å². The van der Waals surface area contributed by atoms with Crippen molar-refractivity contribution in [2.45, 2.75) is 48.8 Å². The molecule has 2 aliphatic rings. The normalized spacial score (nSPS) is 18.9. The Bertz CT molecular complexity index is 1250. The van der Waals surface area contributed by atoms with E-state index in [9.17, 15) is 35.2 Å². The van der Waals surface area contributed by atoms with Crippen molar-refractivity contribution in [2.75, 3.05) is 11.6 Å². The van der Waals surface area contributed by atoms with Crippen LogP contribution < -0.4 is 10.4 Å². The number of amides is 1. The number of benzene rings is 1. The van der Waals surface area contributed by atoms with Gasteiger partial charge in [-0.25, -0.2) is 28.4 Å². The Labute approximate surface area is 202 Å². The molecule has 1 aromatic carbocycles. The smallest absolute Gasteiger partial charge is 0.332 e. The largest absolute Gasteiger partial charge is 0.416 e. The first-order valence-corrected chi connectivity index (χ1v) is 12.3. The molecule has 0 spiro atoms. The molecule has 2 heterocycles. The summed E-state index contributed by atoms with van der Waals surface area (Å²) < 4.78 is 90.8. The molecule has 1 fully saturated rings. The van der Waals surface area contributed by atoms with Crippen molar-refractivity contribution in [2.24, 2.45) is 10.9 Å². The Balaban J connectivity index is 1.73. The zero-order valence-corrected chi connectivity index (χ0v) is 19.5. The van der Waals surface area contributed by atoms with Crippen LogP contribution in [0.15, 0.2) is 46.5 Å². The van der Waals surface area contributed by atoms with E-state index < -0.39 is 55.9 Å². The lowest BCUT2D eigenvalue weighted by atomic mass is 10.1. The zero-order chi connectivity index (χ0) is 26.3. The number of nitrogens with zero attached hydrogens (tertiary/aromatic N) is 5. The number of nitrogens with one attached hydrogen (secondary N) is 1. The molecule has 1 saturated carbocycles. The summed E-state index contributed by atoms with van der Waals surface area (Å²) in [6.07, 6.45) is 0.0790. The molecule has 2 aromatic rings. The maximum Gasteiger partial charge on any atom is 0.416 e. The van der Waals surface area contributed by atoms with Gasteiger partial charge in [-0.1, -0.05) is 0 Å². The lowest BCUT2D eigenvalue weighted by Crippen LogP contribution is -2.53. The summed E-state index contributed by atoms with van der Waals surface area (Å²) in [5, 5.41) is 1.47. The maximum absolute atomic E-state index is 13.5. The van der Waals surface area contributed by atoms with Crippen molar-refractivity contribution < 1.29 is 35.2 Å². The predicted molar refractivity (Wildman–Crippen MR) is 118 cm³/mol. The number of aromatic nitrogens is 2. The van der Waals surface area contributed by atoms with E-state index in [1.54, 1.807) is 13.0 Å². The highest BCUT2D eigenvalue weighted by Crippen LogP contribution is 2.35. The van der Waals surface area contributed by atoms with Gasteiger partial charge in [0.1, 0.15) is 6.34 Å². The summed E-state index contributed by atoms with van der Waals surface area (Å²) in [7, 11) is -5.40. The fourth-order valence-corrected chi connectivity index (χ4v) is 4.53. The average molecular weight is 532 g/mol. The molecule has 0 radical (unpaired) electrons. The fraction of sp³-hybridized carbons (Fsp3) is 0.429. The van der Waals surface area contributed by atoms with Gasteiger partial charge in [-0.2, -0.15) is 22.0 Å². The topological polar surface area (TPSA) is 108 Å². The molecule has 0 saturated heterocycles. The molecule has 194 valence electrons. The van der Waals surface area contributed by atoms with Crippen LogP contribution in [0.5, 0.6) is 0 Å². The molecule has 1 N–H and O–H groups in total. The molecule has 2 atom stereocenters. The summed E-state index contributed by atoms with van der Waals surface area (Å²) in [6, 6.07) is 1.97. The zero-order valence-electron chi connectivity index (χ0n) is 18.7. The summed E-state index contributed by atoms with van der Waals surface area (Å²) in [6.45, 7) is 1.78. The van der Waals surface area contributed by atoms with Gasteiger partial charge < -0.3 is 4.90 Å². The first kappa shape index (κ1) is 25.7. The Morgan fingerprint density at radius 2 is 1.86 bits per heavy atom. The third kappa shape index (κ3) is 5.24. The van der Waals surface area contributed by atoms with Crippen molar-refractivity contribution in [3.05, 3.63) is 47.8 Å². The molecule has 1 amide bonds. The predicted octanol–water partition coefficient (Wildman–Crippen LogP) is 3.11. The van der Waals surface area contributed by atoms with Gasteiger partial charge in [0.05, 0.1) is 16.5 Å². The third-order valence-electron chi connectivity index (χ3n) is 5.84. The van der Waals surface area contributed by atoms with Gasteiger partial charge >= 0.3 is 11.9 Å². The molecular formula is C21H21F5N6O3S. The standard InChI is InChI=1S/C21H21F5N6O3S/c1-12(17-29-11-30-32(17)20-27-5-2-6-28-20)31(10-13-3-4-13)18(33)14-7-15(21(24,25)26)9-16(8-14)36(34,35)19(22)23/h2,5-9,11-13,17,19H,3-4,10H2,1H3,(H,29,30). The monoisotopic (exact) mass is 532 g/mol. The van der Waals surface area contributed by atoms with Crippen molar-refractivity contribution in [1.82, 2.24) is 20.3 Å². The molecule has 1 aliphatic carbocycles.